The van der Waals surface area contributed by atoms with E-state index in [1.54, 1.807) is 24.3 Å². The Morgan fingerprint density at radius 1 is 1.00 bits per heavy atom. The van der Waals surface area contributed by atoms with Gasteiger partial charge in [-0.15, -0.1) is 10.2 Å². The Hall–Kier alpha value is -2.71. The zero-order chi connectivity index (χ0) is 18.8. The van der Waals surface area contributed by atoms with E-state index < -0.39 is 0 Å². The molecule has 2 amide bonds. The van der Waals surface area contributed by atoms with Crippen LogP contribution in [0.3, 0.4) is 0 Å². The number of imide groups is 1. The van der Waals surface area contributed by atoms with Gasteiger partial charge in [0, 0.05) is 18.0 Å². The number of amides is 2. The van der Waals surface area contributed by atoms with E-state index in [-0.39, 0.29) is 11.8 Å². The Kier molecular flexibility index (Phi) is 4.91. The lowest BCUT2D eigenvalue weighted by molar-refractivity contribution is 0.0664. The minimum atomic E-state index is -0.227. The van der Waals surface area contributed by atoms with Crippen LogP contribution >= 0.6 is 23.1 Å². The number of aromatic nitrogens is 2. The van der Waals surface area contributed by atoms with E-state index in [9.17, 15) is 9.59 Å². The largest absolute Gasteiger partial charge is 0.330 e. The quantitative estimate of drug-likeness (QED) is 0.502. The first-order valence-electron chi connectivity index (χ1n) is 8.37. The number of fused-ring (bicyclic) bond motifs is 1. The molecule has 0 fully saturated rings. The van der Waals surface area contributed by atoms with Gasteiger partial charge in [-0.2, -0.15) is 0 Å². The van der Waals surface area contributed by atoms with E-state index in [1.165, 1.54) is 28.0 Å². The van der Waals surface area contributed by atoms with Gasteiger partial charge in [0.25, 0.3) is 11.8 Å². The monoisotopic (exact) mass is 396 g/mol. The number of nitrogens with zero attached hydrogens (tertiary/aromatic N) is 3. The molecule has 2 heterocycles. The molecule has 4 rings (SSSR count). The van der Waals surface area contributed by atoms with Crippen LogP contribution in [0.15, 0.2) is 52.9 Å². The standard InChI is InChI=1S/C19H16N4O2S2/c1-12-6-2-5-9-15(12)20-18-21-22-19(27-18)26-11-10-23-16(24)13-7-3-4-8-14(13)17(23)25/h2-9H,10-11H2,1H3,(H,20,21). The highest BCUT2D eigenvalue weighted by Crippen LogP contribution is 2.29. The maximum atomic E-state index is 12.3. The van der Waals surface area contributed by atoms with Gasteiger partial charge in [0.15, 0.2) is 4.34 Å². The van der Waals surface area contributed by atoms with E-state index >= 15 is 0 Å². The summed E-state index contributed by atoms with van der Waals surface area (Å²) in [7, 11) is 0. The summed E-state index contributed by atoms with van der Waals surface area (Å²) in [6.45, 7) is 2.37. The van der Waals surface area contributed by atoms with Crippen molar-refractivity contribution in [3.8, 4) is 0 Å². The zero-order valence-corrected chi connectivity index (χ0v) is 16.1. The minimum absolute atomic E-state index is 0.227. The van der Waals surface area contributed by atoms with Crippen LogP contribution in [0.5, 0.6) is 0 Å². The first-order chi connectivity index (χ1) is 13.1. The molecule has 1 aliphatic rings. The number of benzene rings is 2. The van der Waals surface area contributed by atoms with Crippen LogP contribution in [-0.2, 0) is 0 Å². The molecule has 8 heteroatoms. The third kappa shape index (κ3) is 3.58. The summed E-state index contributed by atoms with van der Waals surface area (Å²) < 4.78 is 0.794. The van der Waals surface area contributed by atoms with E-state index in [2.05, 4.69) is 15.5 Å². The van der Waals surface area contributed by atoms with Crippen LogP contribution in [0.1, 0.15) is 26.3 Å². The fourth-order valence-corrected chi connectivity index (χ4v) is 4.57. The average Bonchev–Trinajstić information content (AvgIpc) is 3.22. The van der Waals surface area contributed by atoms with Crippen molar-refractivity contribution in [2.45, 2.75) is 11.3 Å². The van der Waals surface area contributed by atoms with Gasteiger partial charge < -0.3 is 5.32 Å². The summed E-state index contributed by atoms with van der Waals surface area (Å²) in [5.74, 6) is 0.121. The van der Waals surface area contributed by atoms with Gasteiger partial charge in [0.05, 0.1) is 11.1 Å². The van der Waals surface area contributed by atoms with Crippen molar-refractivity contribution in [3.05, 3.63) is 65.2 Å². The van der Waals surface area contributed by atoms with Gasteiger partial charge >= 0.3 is 0 Å². The lowest BCUT2D eigenvalue weighted by atomic mass is 10.1. The Morgan fingerprint density at radius 2 is 1.67 bits per heavy atom. The van der Waals surface area contributed by atoms with E-state index in [0.717, 1.165) is 15.6 Å². The van der Waals surface area contributed by atoms with Crippen molar-refractivity contribution in [1.82, 2.24) is 15.1 Å². The fourth-order valence-electron chi connectivity index (χ4n) is 2.81. The molecule has 0 radical (unpaired) electrons. The predicted octanol–water partition coefficient (Wildman–Crippen LogP) is 3.98. The molecule has 0 unspecified atom stereocenters. The predicted molar refractivity (Wildman–Crippen MR) is 107 cm³/mol. The molecule has 27 heavy (non-hydrogen) atoms. The molecule has 0 saturated heterocycles. The number of carbonyl (C=O) groups is 2. The molecular formula is C19H16N4O2S2. The van der Waals surface area contributed by atoms with Crippen molar-refractivity contribution in [1.29, 1.82) is 0 Å². The SMILES string of the molecule is Cc1ccccc1Nc1nnc(SCCN2C(=O)c3ccccc3C2=O)s1. The molecule has 0 bridgehead atoms. The Balaban J connectivity index is 1.34. The first kappa shape index (κ1) is 17.7. The van der Waals surface area contributed by atoms with Crippen molar-refractivity contribution >= 4 is 45.7 Å². The van der Waals surface area contributed by atoms with Crippen LogP contribution < -0.4 is 5.32 Å². The minimum Gasteiger partial charge on any atom is -0.330 e. The molecule has 1 aromatic heterocycles. The lowest BCUT2D eigenvalue weighted by Gasteiger charge is -2.12. The maximum Gasteiger partial charge on any atom is 0.261 e. The van der Waals surface area contributed by atoms with Crippen molar-refractivity contribution in [2.24, 2.45) is 0 Å². The second kappa shape index (κ2) is 7.50. The summed E-state index contributed by atoms with van der Waals surface area (Å²) in [6.07, 6.45) is 0. The molecule has 1 aliphatic heterocycles. The average molecular weight is 396 g/mol. The summed E-state index contributed by atoms with van der Waals surface area (Å²) in [4.78, 5) is 26.0. The van der Waals surface area contributed by atoms with Crippen LogP contribution in [0.2, 0.25) is 0 Å². The molecule has 3 aromatic rings. The summed E-state index contributed by atoms with van der Waals surface area (Å²) in [5, 5.41) is 12.3. The molecule has 1 N–H and O–H groups in total. The molecule has 136 valence electrons. The van der Waals surface area contributed by atoms with Crippen LogP contribution in [-0.4, -0.2) is 39.2 Å². The molecule has 0 saturated carbocycles. The number of nitrogens with one attached hydrogen (secondary N) is 1. The van der Waals surface area contributed by atoms with Crippen molar-refractivity contribution in [3.63, 3.8) is 0 Å². The molecular weight excluding hydrogens is 380 g/mol. The molecule has 0 spiro atoms. The topological polar surface area (TPSA) is 75.2 Å². The number of para-hydroxylation sites is 1. The third-order valence-electron chi connectivity index (χ3n) is 4.21. The van der Waals surface area contributed by atoms with Gasteiger partial charge in [-0.3, -0.25) is 14.5 Å². The zero-order valence-electron chi connectivity index (χ0n) is 14.5. The highest BCUT2D eigenvalue weighted by molar-refractivity contribution is 8.01. The highest BCUT2D eigenvalue weighted by atomic mass is 32.2. The van der Waals surface area contributed by atoms with Gasteiger partial charge in [-0.05, 0) is 30.7 Å². The van der Waals surface area contributed by atoms with Crippen LogP contribution in [0.25, 0.3) is 0 Å². The molecule has 0 atom stereocenters. The molecule has 0 aliphatic carbocycles. The number of hydrogen-bond donors (Lipinski definition) is 1. The fraction of sp³-hybridized carbons (Fsp3) is 0.158. The van der Waals surface area contributed by atoms with Gasteiger partial charge in [0.1, 0.15) is 0 Å². The number of rotatable bonds is 6. The first-order valence-corrected chi connectivity index (χ1v) is 10.2. The number of carbonyl (C=O) groups excluding carboxylic acids is 2. The molecule has 6 nitrogen and oxygen atoms in total. The van der Waals surface area contributed by atoms with Gasteiger partial charge in [-0.1, -0.05) is 53.4 Å². The normalized spacial score (nSPS) is 13.1. The molecule has 2 aromatic carbocycles. The van der Waals surface area contributed by atoms with Crippen molar-refractivity contribution < 1.29 is 9.59 Å². The second-order valence-electron chi connectivity index (χ2n) is 5.97. The Morgan fingerprint density at radius 3 is 2.37 bits per heavy atom. The van der Waals surface area contributed by atoms with Crippen LogP contribution in [0.4, 0.5) is 10.8 Å². The maximum absolute atomic E-state index is 12.3. The smallest absolute Gasteiger partial charge is 0.261 e. The number of aryl methyl sites for hydroxylation is 1. The van der Waals surface area contributed by atoms with Gasteiger partial charge in [-0.25, -0.2) is 0 Å². The van der Waals surface area contributed by atoms with Crippen LogP contribution in [0, 0.1) is 6.92 Å². The second-order valence-corrected chi connectivity index (χ2v) is 8.29. The highest BCUT2D eigenvalue weighted by Gasteiger charge is 2.34. The number of thioether (sulfide) groups is 1. The Bertz CT molecular complexity index is 983. The van der Waals surface area contributed by atoms with E-state index in [4.69, 9.17) is 0 Å². The van der Waals surface area contributed by atoms with Gasteiger partial charge in [0.2, 0.25) is 5.13 Å². The number of hydrogen-bond acceptors (Lipinski definition) is 7. The van der Waals surface area contributed by atoms with E-state index in [0.29, 0.717) is 28.6 Å². The van der Waals surface area contributed by atoms with E-state index in [1.807, 2.05) is 31.2 Å². The summed E-state index contributed by atoms with van der Waals surface area (Å²) in [5.41, 5.74) is 3.09. The lowest BCUT2D eigenvalue weighted by Crippen LogP contribution is -2.31. The number of anilines is 2. The van der Waals surface area contributed by atoms with Crippen molar-refractivity contribution in [2.75, 3.05) is 17.6 Å². The summed E-state index contributed by atoms with van der Waals surface area (Å²) in [6, 6.07) is 14.9. The summed E-state index contributed by atoms with van der Waals surface area (Å²) >= 11 is 2.93. The third-order valence-corrected chi connectivity index (χ3v) is 6.16. The Labute approximate surface area is 164 Å².